The largest absolute Gasteiger partial charge is 0.484 e. The minimum atomic E-state index is -0.0154. The van der Waals surface area contributed by atoms with E-state index in [1.165, 1.54) is 5.69 Å². The molecule has 0 aliphatic carbocycles. The summed E-state index contributed by atoms with van der Waals surface area (Å²) in [5.74, 6) is 1.13. The maximum absolute atomic E-state index is 12.6. The Bertz CT molecular complexity index is 1350. The van der Waals surface area contributed by atoms with E-state index >= 15 is 0 Å². The van der Waals surface area contributed by atoms with E-state index in [9.17, 15) is 10.1 Å². The van der Waals surface area contributed by atoms with Crippen molar-refractivity contribution in [1.29, 1.82) is 5.26 Å². The number of ether oxygens (including phenoxy) is 1. The summed E-state index contributed by atoms with van der Waals surface area (Å²) in [6.45, 7) is 2.98. The number of imidazole rings is 1. The molecular weight excluding hydrogens is 438 g/mol. The standard InChI is InChI=1S/C28H25N5O2/c29-19-22(28-30-25-8-4-5-9-26(25)31-28)18-21-10-12-24(13-11-21)35-20-27(34)33-16-14-32(15-17-33)23-6-2-1-3-7-23/h1-13,18H,14-17,20H2,(H,30,31)/b22-18+. The number of anilines is 1. The van der Waals surface area contributed by atoms with Crippen molar-refractivity contribution in [1.82, 2.24) is 14.9 Å². The molecule has 0 radical (unpaired) electrons. The van der Waals surface area contributed by atoms with Crippen LogP contribution in [-0.2, 0) is 4.79 Å². The normalized spacial score (nSPS) is 14.1. The number of aromatic amines is 1. The Balaban J connectivity index is 1.16. The number of nitrogens with one attached hydrogen (secondary N) is 1. The van der Waals surface area contributed by atoms with Crippen molar-refractivity contribution in [2.45, 2.75) is 0 Å². The Kier molecular flexibility index (Phi) is 6.44. The Morgan fingerprint density at radius 2 is 1.69 bits per heavy atom. The molecule has 0 saturated carbocycles. The van der Waals surface area contributed by atoms with E-state index in [1.807, 2.05) is 59.5 Å². The molecule has 1 amide bonds. The number of carbonyl (C=O) groups excluding carboxylic acids is 1. The summed E-state index contributed by atoms with van der Waals surface area (Å²) in [5, 5.41) is 9.62. The van der Waals surface area contributed by atoms with E-state index < -0.39 is 0 Å². The van der Waals surface area contributed by atoms with Gasteiger partial charge in [0.05, 0.1) is 16.6 Å². The maximum Gasteiger partial charge on any atom is 0.260 e. The number of allylic oxidation sites excluding steroid dienone is 1. The van der Waals surface area contributed by atoms with Gasteiger partial charge in [0.1, 0.15) is 17.6 Å². The van der Waals surface area contributed by atoms with Crippen molar-refractivity contribution in [3.8, 4) is 11.8 Å². The zero-order valence-electron chi connectivity index (χ0n) is 19.2. The molecule has 7 heteroatoms. The van der Waals surface area contributed by atoms with Crippen LogP contribution in [0, 0.1) is 11.3 Å². The van der Waals surface area contributed by atoms with E-state index in [2.05, 4.69) is 33.1 Å². The number of benzene rings is 3. The summed E-state index contributed by atoms with van der Waals surface area (Å²) in [5.41, 5.74) is 4.18. The summed E-state index contributed by atoms with van der Waals surface area (Å²) in [7, 11) is 0. The highest BCUT2D eigenvalue weighted by molar-refractivity contribution is 5.90. The highest BCUT2D eigenvalue weighted by Gasteiger charge is 2.21. The number of rotatable bonds is 6. The quantitative estimate of drug-likeness (QED) is 0.430. The average molecular weight is 464 g/mol. The Hall–Kier alpha value is -4.57. The summed E-state index contributed by atoms with van der Waals surface area (Å²) < 4.78 is 5.73. The molecule has 1 fully saturated rings. The van der Waals surface area contributed by atoms with Gasteiger partial charge in [0.25, 0.3) is 5.91 Å². The molecule has 1 saturated heterocycles. The molecule has 1 aromatic heterocycles. The number of nitrogens with zero attached hydrogens (tertiary/aromatic N) is 4. The maximum atomic E-state index is 12.6. The number of piperazine rings is 1. The number of amides is 1. The third-order valence-electron chi connectivity index (χ3n) is 6.07. The predicted molar refractivity (Wildman–Crippen MR) is 137 cm³/mol. The first-order valence-corrected chi connectivity index (χ1v) is 11.6. The van der Waals surface area contributed by atoms with Gasteiger partial charge in [-0.2, -0.15) is 5.26 Å². The monoisotopic (exact) mass is 463 g/mol. The van der Waals surface area contributed by atoms with Gasteiger partial charge in [-0.15, -0.1) is 0 Å². The molecule has 5 rings (SSSR count). The van der Waals surface area contributed by atoms with E-state index in [1.54, 1.807) is 18.2 Å². The second kappa shape index (κ2) is 10.1. The molecule has 7 nitrogen and oxygen atoms in total. The van der Waals surface area contributed by atoms with Crippen molar-refractivity contribution in [3.05, 3.63) is 90.3 Å². The molecule has 0 bridgehead atoms. The van der Waals surface area contributed by atoms with E-state index in [0.29, 0.717) is 30.2 Å². The first-order chi connectivity index (χ1) is 17.2. The molecule has 0 spiro atoms. The van der Waals surface area contributed by atoms with Gasteiger partial charge in [0, 0.05) is 31.9 Å². The molecule has 0 unspecified atom stereocenters. The fraction of sp³-hybridized carbons (Fsp3) is 0.179. The van der Waals surface area contributed by atoms with Crippen LogP contribution in [0.2, 0.25) is 0 Å². The van der Waals surface area contributed by atoms with Crippen LogP contribution in [0.25, 0.3) is 22.7 Å². The minimum Gasteiger partial charge on any atom is -0.484 e. The molecule has 174 valence electrons. The topological polar surface area (TPSA) is 85.2 Å². The summed E-state index contributed by atoms with van der Waals surface area (Å²) in [6, 6.07) is 27.5. The van der Waals surface area contributed by atoms with Gasteiger partial charge >= 0.3 is 0 Å². The molecule has 1 N–H and O–H groups in total. The Labute approximate surface area is 203 Å². The molecule has 0 atom stereocenters. The van der Waals surface area contributed by atoms with Crippen molar-refractivity contribution >= 4 is 34.3 Å². The highest BCUT2D eigenvalue weighted by atomic mass is 16.5. The number of nitriles is 1. The first-order valence-electron chi connectivity index (χ1n) is 11.6. The Morgan fingerprint density at radius 1 is 0.971 bits per heavy atom. The molecule has 35 heavy (non-hydrogen) atoms. The van der Waals surface area contributed by atoms with E-state index in [4.69, 9.17) is 4.74 Å². The summed E-state index contributed by atoms with van der Waals surface area (Å²) in [4.78, 5) is 24.4. The van der Waals surface area contributed by atoms with Crippen LogP contribution in [0.15, 0.2) is 78.9 Å². The van der Waals surface area contributed by atoms with Crippen LogP contribution in [0.3, 0.4) is 0 Å². The number of aromatic nitrogens is 2. The average Bonchev–Trinajstić information content (AvgIpc) is 3.36. The van der Waals surface area contributed by atoms with Crippen LogP contribution in [0.4, 0.5) is 5.69 Å². The number of hydrogen-bond donors (Lipinski definition) is 1. The number of fused-ring (bicyclic) bond motifs is 1. The zero-order valence-corrected chi connectivity index (χ0v) is 19.2. The molecule has 3 aromatic carbocycles. The lowest BCUT2D eigenvalue weighted by atomic mass is 10.1. The zero-order chi connectivity index (χ0) is 24.0. The third-order valence-corrected chi connectivity index (χ3v) is 6.07. The van der Waals surface area contributed by atoms with E-state index in [0.717, 1.165) is 29.7 Å². The molecule has 4 aromatic rings. The van der Waals surface area contributed by atoms with Gasteiger partial charge in [0.15, 0.2) is 6.61 Å². The van der Waals surface area contributed by atoms with Crippen LogP contribution < -0.4 is 9.64 Å². The van der Waals surface area contributed by atoms with Gasteiger partial charge in [-0.25, -0.2) is 4.98 Å². The summed E-state index contributed by atoms with van der Waals surface area (Å²) in [6.07, 6.45) is 1.78. The van der Waals surface area contributed by atoms with Crippen LogP contribution in [0.1, 0.15) is 11.4 Å². The lowest BCUT2D eigenvalue weighted by Gasteiger charge is -2.36. The van der Waals surface area contributed by atoms with Gasteiger partial charge in [-0.1, -0.05) is 42.5 Å². The fourth-order valence-corrected chi connectivity index (χ4v) is 4.15. The molecule has 1 aliphatic rings. The van der Waals surface area contributed by atoms with Crippen molar-refractivity contribution in [2.24, 2.45) is 0 Å². The van der Waals surface area contributed by atoms with Gasteiger partial charge < -0.3 is 19.5 Å². The van der Waals surface area contributed by atoms with Crippen molar-refractivity contribution in [2.75, 3.05) is 37.7 Å². The molecular formula is C28H25N5O2. The van der Waals surface area contributed by atoms with E-state index in [-0.39, 0.29) is 12.5 Å². The van der Waals surface area contributed by atoms with Gasteiger partial charge in [0.2, 0.25) is 0 Å². The SMILES string of the molecule is N#C/C(=C\c1ccc(OCC(=O)N2CCN(c3ccccc3)CC2)cc1)c1nc2ccccc2[nH]1. The van der Waals surface area contributed by atoms with Crippen LogP contribution >= 0.6 is 0 Å². The molecule has 1 aliphatic heterocycles. The van der Waals surface area contributed by atoms with Gasteiger partial charge in [-0.05, 0) is 48.0 Å². The lowest BCUT2D eigenvalue weighted by molar-refractivity contribution is -0.133. The predicted octanol–water partition coefficient (Wildman–Crippen LogP) is 4.35. The third kappa shape index (κ3) is 5.17. The number of H-pyrrole nitrogens is 1. The number of hydrogen-bond acceptors (Lipinski definition) is 5. The molecule has 2 heterocycles. The van der Waals surface area contributed by atoms with Crippen LogP contribution in [0.5, 0.6) is 5.75 Å². The minimum absolute atomic E-state index is 0.00293. The number of para-hydroxylation sites is 3. The number of carbonyl (C=O) groups is 1. The summed E-state index contributed by atoms with van der Waals surface area (Å²) >= 11 is 0. The second-order valence-corrected chi connectivity index (χ2v) is 8.33. The van der Waals surface area contributed by atoms with Crippen molar-refractivity contribution < 1.29 is 9.53 Å². The van der Waals surface area contributed by atoms with Gasteiger partial charge in [-0.3, -0.25) is 4.79 Å². The van der Waals surface area contributed by atoms with Crippen LogP contribution in [-0.4, -0.2) is 53.6 Å². The van der Waals surface area contributed by atoms with Crippen molar-refractivity contribution in [3.63, 3.8) is 0 Å². The smallest absolute Gasteiger partial charge is 0.260 e. The fourth-order valence-electron chi connectivity index (χ4n) is 4.15. The Morgan fingerprint density at radius 3 is 2.40 bits per heavy atom. The highest BCUT2D eigenvalue weighted by Crippen LogP contribution is 2.21. The second-order valence-electron chi connectivity index (χ2n) is 8.33. The first kappa shape index (κ1) is 22.2. The lowest BCUT2D eigenvalue weighted by Crippen LogP contribution is -2.50.